The van der Waals surface area contributed by atoms with Gasteiger partial charge in [0.1, 0.15) is 0 Å². The molecule has 128 valence electrons. The van der Waals surface area contributed by atoms with Crippen molar-refractivity contribution in [2.45, 2.75) is 25.2 Å². The molecule has 0 atom stereocenters. The Balaban J connectivity index is 2.10. The predicted octanol–water partition coefficient (Wildman–Crippen LogP) is 3.09. The topological polar surface area (TPSA) is 57.7 Å². The van der Waals surface area contributed by atoms with E-state index in [0.717, 1.165) is 0 Å². The van der Waals surface area contributed by atoms with Gasteiger partial charge < -0.3 is 4.90 Å². The largest absolute Gasteiger partial charge is 0.340 e. The van der Waals surface area contributed by atoms with Crippen LogP contribution in [0, 0.1) is 5.92 Å². The first-order valence-corrected chi connectivity index (χ1v) is 10.5. The van der Waals surface area contributed by atoms with Crippen molar-refractivity contribution in [3.8, 4) is 0 Å². The van der Waals surface area contributed by atoms with Gasteiger partial charge in [-0.1, -0.05) is 29.8 Å². The van der Waals surface area contributed by atoms with Crippen LogP contribution in [0.1, 0.15) is 20.3 Å². The first-order valence-electron chi connectivity index (χ1n) is 7.45. The van der Waals surface area contributed by atoms with Crippen LogP contribution in [0.15, 0.2) is 32.0 Å². The molecule has 0 saturated carbocycles. The molecule has 5 nitrogen and oxygen atoms in total. The summed E-state index contributed by atoms with van der Waals surface area (Å²) in [7, 11) is -3.57. The summed E-state index contributed by atoms with van der Waals surface area (Å²) in [6.45, 7) is 5.54. The van der Waals surface area contributed by atoms with Crippen LogP contribution in [0.4, 0.5) is 0 Å². The van der Waals surface area contributed by atoms with Crippen LogP contribution >= 0.6 is 31.9 Å². The molecule has 0 aromatic heterocycles. The Labute approximate surface area is 154 Å². The lowest BCUT2D eigenvalue weighted by molar-refractivity contribution is -0.133. The number of rotatable bonds is 4. The van der Waals surface area contributed by atoms with Gasteiger partial charge in [0.25, 0.3) is 0 Å². The molecule has 1 saturated heterocycles. The van der Waals surface area contributed by atoms with E-state index in [1.54, 1.807) is 23.1 Å². The second-order valence-electron chi connectivity index (χ2n) is 5.96. The first-order chi connectivity index (χ1) is 10.7. The van der Waals surface area contributed by atoms with Crippen molar-refractivity contribution in [2.24, 2.45) is 5.92 Å². The van der Waals surface area contributed by atoms with E-state index in [-0.39, 0.29) is 10.8 Å². The number of amides is 1. The zero-order chi connectivity index (χ0) is 17.2. The Bertz CT molecular complexity index is 684. The van der Waals surface area contributed by atoms with Gasteiger partial charge in [0.05, 0.1) is 4.90 Å². The summed E-state index contributed by atoms with van der Waals surface area (Å²) in [6, 6.07) is 5.08. The van der Waals surface area contributed by atoms with Gasteiger partial charge in [0, 0.05) is 41.5 Å². The highest BCUT2D eigenvalue weighted by Crippen LogP contribution is 2.28. The van der Waals surface area contributed by atoms with E-state index in [2.05, 4.69) is 31.9 Å². The molecule has 1 amide bonds. The highest BCUT2D eigenvalue weighted by Gasteiger charge is 2.31. The van der Waals surface area contributed by atoms with Crippen LogP contribution in [0.3, 0.4) is 0 Å². The van der Waals surface area contributed by atoms with Crippen LogP contribution in [0.2, 0.25) is 0 Å². The third-order valence-electron chi connectivity index (χ3n) is 3.69. The summed E-state index contributed by atoms with van der Waals surface area (Å²) in [5.74, 6) is 0.405. The summed E-state index contributed by atoms with van der Waals surface area (Å²) in [6.07, 6.45) is 0.504. The van der Waals surface area contributed by atoms with E-state index in [1.165, 1.54) is 4.31 Å². The van der Waals surface area contributed by atoms with Gasteiger partial charge in [0.15, 0.2) is 0 Å². The maximum Gasteiger partial charge on any atom is 0.244 e. The second kappa shape index (κ2) is 7.63. The molecule has 1 heterocycles. The summed E-state index contributed by atoms with van der Waals surface area (Å²) in [5.41, 5.74) is 0. The number of benzene rings is 1. The molecule has 1 aromatic rings. The average Bonchev–Trinajstić information content (AvgIpc) is 2.49. The van der Waals surface area contributed by atoms with Crippen molar-refractivity contribution in [3.63, 3.8) is 0 Å². The van der Waals surface area contributed by atoms with Crippen LogP contribution in [0.5, 0.6) is 0 Å². The molecule has 0 radical (unpaired) electrons. The van der Waals surface area contributed by atoms with E-state index in [9.17, 15) is 13.2 Å². The molecule has 0 bridgehead atoms. The fourth-order valence-electron chi connectivity index (χ4n) is 2.47. The Kier molecular flexibility index (Phi) is 6.27. The maximum atomic E-state index is 12.8. The van der Waals surface area contributed by atoms with E-state index < -0.39 is 10.0 Å². The molecule has 0 spiro atoms. The van der Waals surface area contributed by atoms with Crippen molar-refractivity contribution in [1.82, 2.24) is 9.21 Å². The Hall–Kier alpha value is -0.440. The van der Waals surface area contributed by atoms with Gasteiger partial charge >= 0.3 is 0 Å². The third kappa shape index (κ3) is 4.55. The highest BCUT2D eigenvalue weighted by molar-refractivity contribution is 9.11. The fourth-order valence-corrected chi connectivity index (χ4v) is 5.36. The lowest BCUT2D eigenvalue weighted by atomic mass is 10.1. The number of sulfonamides is 1. The number of carbonyl (C=O) groups is 1. The van der Waals surface area contributed by atoms with Crippen molar-refractivity contribution in [2.75, 3.05) is 26.2 Å². The minimum atomic E-state index is -3.57. The quantitative estimate of drug-likeness (QED) is 0.683. The molecule has 8 heteroatoms. The van der Waals surface area contributed by atoms with E-state index in [1.807, 2.05) is 13.8 Å². The number of halogens is 2. The molecular weight excluding hydrogens is 448 g/mol. The van der Waals surface area contributed by atoms with Gasteiger partial charge in [-0.15, -0.1) is 0 Å². The average molecular weight is 468 g/mol. The van der Waals surface area contributed by atoms with Gasteiger partial charge in [-0.2, -0.15) is 4.31 Å². The second-order valence-corrected chi connectivity index (χ2v) is 9.63. The molecule has 23 heavy (non-hydrogen) atoms. The summed E-state index contributed by atoms with van der Waals surface area (Å²) in [4.78, 5) is 14.1. The van der Waals surface area contributed by atoms with Crippen molar-refractivity contribution in [3.05, 3.63) is 27.1 Å². The molecule has 0 N–H and O–H groups in total. The highest BCUT2D eigenvalue weighted by atomic mass is 79.9. The lowest BCUT2D eigenvalue weighted by Gasteiger charge is -2.34. The standard InChI is InChI=1S/C15H20Br2N2O3S/c1-11(2)9-15(20)18-5-7-19(8-6-18)23(21,22)14-10-12(16)3-4-13(14)17/h3-4,10-11H,5-9H2,1-2H3. The molecule has 1 aromatic carbocycles. The molecule has 1 aliphatic rings. The molecule has 2 rings (SSSR count). The minimum absolute atomic E-state index is 0.0979. The SMILES string of the molecule is CC(C)CC(=O)N1CCN(S(=O)(=O)c2cc(Br)ccc2Br)CC1. The van der Waals surface area contributed by atoms with Gasteiger partial charge in [0.2, 0.25) is 15.9 Å². The van der Waals surface area contributed by atoms with Crippen molar-refractivity contribution in [1.29, 1.82) is 0 Å². The monoisotopic (exact) mass is 466 g/mol. The number of carbonyl (C=O) groups excluding carboxylic acids is 1. The molecule has 0 unspecified atom stereocenters. The van der Waals surface area contributed by atoms with Crippen molar-refractivity contribution >= 4 is 47.8 Å². The molecule has 1 fully saturated rings. The molecular formula is C15H20Br2N2O3S. The maximum absolute atomic E-state index is 12.8. The number of nitrogens with zero attached hydrogens (tertiary/aromatic N) is 2. The molecule has 0 aliphatic carbocycles. The first kappa shape index (κ1) is 18.9. The van der Waals surface area contributed by atoms with Gasteiger partial charge in [-0.05, 0) is 40.0 Å². The Morgan fingerprint density at radius 1 is 1.17 bits per heavy atom. The number of hydrogen-bond acceptors (Lipinski definition) is 3. The smallest absolute Gasteiger partial charge is 0.244 e. The zero-order valence-corrected chi connectivity index (χ0v) is 17.1. The fraction of sp³-hybridized carbons (Fsp3) is 0.533. The molecule has 1 aliphatic heterocycles. The van der Waals surface area contributed by atoms with Gasteiger partial charge in [-0.25, -0.2) is 8.42 Å². The van der Waals surface area contributed by atoms with Crippen LogP contribution in [-0.2, 0) is 14.8 Å². The van der Waals surface area contributed by atoms with E-state index >= 15 is 0 Å². The van der Waals surface area contributed by atoms with E-state index in [4.69, 9.17) is 0 Å². The summed E-state index contributed by atoms with van der Waals surface area (Å²) >= 11 is 6.61. The summed E-state index contributed by atoms with van der Waals surface area (Å²) in [5, 5.41) is 0. The van der Waals surface area contributed by atoms with Crippen molar-refractivity contribution < 1.29 is 13.2 Å². The Morgan fingerprint density at radius 3 is 2.35 bits per heavy atom. The normalized spacial score (nSPS) is 16.8. The minimum Gasteiger partial charge on any atom is -0.340 e. The van der Waals surface area contributed by atoms with Crippen LogP contribution in [-0.4, -0.2) is 49.7 Å². The van der Waals surface area contributed by atoms with Crippen LogP contribution < -0.4 is 0 Å². The lowest BCUT2D eigenvalue weighted by Crippen LogP contribution is -2.50. The predicted molar refractivity (Wildman–Crippen MR) is 96.6 cm³/mol. The third-order valence-corrected chi connectivity index (χ3v) is 7.07. The van der Waals surface area contributed by atoms with E-state index in [0.29, 0.717) is 47.5 Å². The summed E-state index contributed by atoms with van der Waals surface area (Å²) < 4.78 is 28.3. The number of piperazine rings is 1. The Morgan fingerprint density at radius 2 is 1.78 bits per heavy atom. The van der Waals surface area contributed by atoms with Crippen LogP contribution in [0.25, 0.3) is 0 Å². The number of hydrogen-bond donors (Lipinski definition) is 0. The zero-order valence-electron chi connectivity index (χ0n) is 13.1. The van der Waals surface area contributed by atoms with Gasteiger partial charge in [-0.3, -0.25) is 4.79 Å².